The van der Waals surface area contributed by atoms with E-state index in [-0.39, 0.29) is 10.8 Å². The van der Waals surface area contributed by atoms with Crippen LogP contribution in [0.1, 0.15) is 30.1 Å². The number of thiazole rings is 1. The van der Waals surface area contributed by atoms with Gasteiger partial charge in [0.2, 0.25) is 10.0 Å². The first-order valence-corrected chi connectivity index (χ1v) is 13.6. The average molecular weight is 512 g/mol. The summed E-state index contributed by atoms with van der Waals surface area (Å²) in [6, 6.07) is 13.5. The quantitative estimate of drug-likeness (QED) is 0.380. The molecule has 1 amide bonds. The fraction of sp³-hybridized carbons (Fsp3) is 0.280. The van der Waals surface area contributed by atoms with Gasteiger partial charge in [-0.2, -0.15) is 4.31 Å². The summed E-state index contributed by atoms with van der Waals surface area (Å²) in [7, 11) is -1.98. The average Bonchev–Trinajstić information content (AvgIpc) is 3.51. The van der Waals surface area contributed by atoms with E-state index >= 15 is 0 Å². The lowest BCUT2D eigenvalue weighted by Gasteiger charge is -2.30. The van der Waals surface area contributed by atoms with Crippen molar-refractivity contribution in [1.82, 2.24) is 9.29 Å². The van der Waals surface area contributed by atoms with E-state index in [1.165, 1.54) is 39.9 Å². The van der Waals surface area contributed by atoms with Crippen LogP contribution in [0.25, 0.3) is 22.4 Å². The van der Waals surface area contributed by atoms with Gasteiger partial charge in [0.25, 0.3) is 5.91 Å². The standard InChI is InChI=1S/C25H25N3O5S2/c1-16-5-4-12-28(14-16)35(30,31)19-10-8-17(9-11-19)24(29)27-25-26-20(15-34-25)22-13-18-6-3-7-21(32-2)23(18)33-22/h3,6-11,13,15-16H,4-5,12,14H2,1-2H3,(H,26,27,29)/t16-/m0/s1. The predicted octanol–water partition coefficient (Wildman–Crippen LogP) is 5.24. The number of sulfonamides is 1. The number of carbonyl (C=O) groups excluding carboxylic acids is 1. The highest BCUT2D eigenvalue weighted by atomic mass is 32.2. The number of anilines is 1. The zero-order valence-corrected chi connectivity index (χ0v) is 21.0. The monoisotopic (exact) mass is 511 g/mol. The van der Waals surface area contributed by atoms with Crippen LogP contribution in [0.15, 0.2) is 63.2 Å². The minimum absolute atomic E-state index is 0.194. The van der Waals surface area contributed by atoms with Crippen LogP contribution in [-0.4, -0.2) is 43.8 Å². The molecule has 1 N–H and O–H groups in total. The van der Waals surface area contributed by atoms with E-state index in [2.05, 4.69) is 17.2 Å². The highest BCUT2D eigenvalue weighted by Gasteiger charge is 2.28. The number of methoxy groups -OCH3 is 1. The Morgan fingerprint density at radius 2 is 2.03 bits per heavy atom. The van der Waals surface area contributed by atoms with Crippen LogP contribution in [0, 0.1) is 5.92 Å². The normalized spacial score (nSPS) is 16.9. The molecule has 2 aromatic carbocycles. The molecule has 1 fully saturated rings. The number of hydrogen-bond acceptors (Lipinski definition) is 7. The zero-order valence-electron chi connectivity index (χ0n) is 19.4. The maximum absolute atomic E-state index is 12.9. The lowest BCUT2D eigenvalue weighted by molar-refractivity contribution is 0.102. The van der Waals surface area contributed by atoms with Crippen LogP contribution < -0.4 is 10.1 Å². The topological polar surface area (TPSA) is 102 Å². The molecule has 0 aliphatic carbocycles. The van der Waals surface area contributed by atoms with Gasteiger partial charge in [-0.1, -0.05) is 19.1 Å². The third-order valence-electron chi connectivity index (χ3n) is 6.08. The highest BCUT2D eigenvalue weighted by Crippen LogP contribution is 2.34. The van der Waals surface area contributed by atoms with Gasteiger partial charge in [-0.3, -0.25) is 10.1 Å². The number of furan rings is 1. The van der Waals surface area contributed by atoms with Crippen molar-refractivity contribution in [2.45, 2.75) is 24.7 Å². The van der Waals surface area contributed by atoms with Gasteiger partial charge in [-0.05, 0) is 55.2 Å². The summed E-state index contributed by atoms with van der Waals surface area (Å²) in [5.74, 6) is 1.18. The van der Waals surface area contributed by atoms with Crippen molar-refractivity contribution >= 4 is 43.4 Å². The molecule has 1 saturated heterocycles. The highest BCUT2D eigenvalue weighted by molar-refractivity contribution is 7.89. The second kappa shape index (κ2) is 9.44. The summed E-state index contributed by atoms with van der Waals surface area (Å²) < 4.78 is 38.7. The number of benzene rings is 2. The second-order valence-corrected chi connectivity index (χ2v) is 11.4. The largest absolute Gasteiger partial charge is 0.493 e. The van der Waals surface area contributed by atoms with Gasteiger partial charge in [0, 0.05) is 29.4 Å². The lowest BCUT2D eigenvalue weighted by Crippen LogP contribution is -2.39. The molecule has 1 aliphatic heterocycles. The predicted molar refractivity (Wildman–Crippen MR) is 135 cm³/mol. The first-order chi connectivity index (χ1) is 16.8. The van der Waals surface area contributed by atoms with Crippen LogP contribution in [0.3, 0.4) is 0 Å². The molecule has 5 rings (SSSR count). The van der Waals surface area contributed by atoms with Gasteiger partial charge in [0.1, 0.15) is 5.69 Å². The van der Waals surface area contributed by atoms with Crippen molar-refractivity contribution < 1.29 is 22.4 Å². The van der Waals surface area contributed by atoms with Crippen molar-refractivity contribution in [2.24, 2.45) is 5.92 Å². The van der Waals surface area contributed by atoms with E-state index in [0.717, 1.165) is 18.2 Å². The summed E-state index contributed by atoms with van der Waals surface area (Å²) >= 11 is 1.28. The molecule has 1 aliphatic rings. The minimum atomic E-state index is -3.57. The molecule has 3 heterocycles. The molecule has 8 nitrogen and oxygen atoms in total. The number of rotatable bonds is 6. The Kier molecular flexibility index (Phi) is 6.35. The molecule has 35 heavy (non-hydrogen) atoms. The van der Waals surface area contributed by atoms with Gasteiger partial charge in [-0.25, -0.2) is 13.4 Å². The number of ether oxygens (including phenoxy) is 1. The summed E-state index contributed by atoms with van der Waals surface area (Å²) in [4.78, 5) is 17.4. The molecule has 4 aromatic rings. The third-order valence-corrected chi connectivity index (χ3v) is 8.72. The molecule has 0 spiro atoms. The number of nitrogens with zero attached hydrogens (tertiary/aromatic N) is 2. The first kappa shape index (κ1) is 23.5. The molecular formula is C25H25N3O5S2. The fourth-order valence-electron chi connectivity index (χ4n) is 4.23. The van der Waals surface area contributed by atoms with Crippen LogP contribution in [0.4, 0.5) is 5.13 Å². The SMILES string of the molecule is COc1cccc2cc(-c3csc(NC(=O)c4ccc(S(=O)(=O)N5CCC[C@H](C)C5)cc4)n3)oc12. The summed E-state index contributed by atoms with van der Waals surface area (Å²) in [5.41, 5.74) is 1.58. The number of fused-ring (bicyclic) bond motifs is 1. The smallest absolute Gasteiger partial charge is 0.257 e. The summed E-state index contributed by atoms with van der Waals surface area (Å²) in [6.07, 6.45) is 1.90. The molecule has 0 saturated carbocycles. The van der Waals surface area contributed by atoms with Crippen LogP contribution >= 0.6 is 11.3 Å². The van der Waals surface area contributed by atoms with Crippen molar-refractivity contribution in [1.29, 1.82) is 0 Å². The second-order valence-electron chi connectivity index (χ2n) is 8.62. The number of aromatic nitrogens is 1. The summed E-state index contributed by atoms with van der Waals surface area (Å²) in [5, 5.41) is 5.88. The first-order valence-electron chi connectivity index (χ1n) is 11.3. The Bertz CT molecular complexity index is 1470. The Morgan fingerprint density at radius 3 is 2.77 bits per heavy atom. The van der Waals surface area contributed by atoms with Gasteiger partial charge >= 0.3 is 0 Å². The molecule has 10 heteroatoms. The lowest BCUT2D eigenvalue weighted by atomic mass is 10.0. The molecule has 0 bridgehead atoms. The Morgan fingerprint density at radius 1 is 1.23 bits per heavy atom. The number of hydrogen-bond donors (Lipinski definition) is 1. The van der Waals surface area contributed by atoms with Gasteiger partial charge < -0.3 is 9.15 Å². The van der Waals surface area contributed by atoms with E-state index < -0.39 is 10.0 Å². The van der Waals surface area contributed by atoms with Crippen LogP contribution in [-0.2, 0) is 10.0 Å². The van der Waals surface area contributed by atoms with Gasteiger partial charge in [0.05, 0.1) is 12.0 Å². The van der Waals surface area contributed by atoms with Crippen molar-refractivity contribution in [3.63, 3.8) is 0 Å². The van der Waals surface area contributed by atoms with Crippen molar-refractivity contribution in [3.05, 3.63) is 59.5 Å². The Balaban J connectivity index is 1.29. The molecule has 0 radical (unpaired) electrons. The molecule has 1 atom stereocenters. The Hall–Kier alpha value is -3.21. The summed E-state index contributed by atoms with van der Waals surface area (Å²) in [6.45, 7) is 3.11. The van der Waals surface area contributed by atoms with Crippen molar-refractivity contribution in [2.75, 3.05) is 25.5 Å². The number of piperidine rings is 1. The maximum atomic E-state index is 12.9. The fourth-order valence-corrected chi connectivity index (χ4v) is 6.52. The van der Waals surface area contributed by atoms with E-state index in [9.17, 15) is 13.2 Å². The molecule has 182 valence electrons. The minimum Gasteiger partial charge on any atom is -0.493 e. The molecule has 0 unspecified atom stereocenters. The molecular weight excluding hydrogens is 486 g/mol. The molecule has 2 aromatic heterocycles. The zero-order chi connectivity index (χ0) is 24.6. The Labute approximate surface area is 207 Å². The van der Waals surface area contributed by atoms with Crippen molar-refractivity contribution in [3.8, 4) is 17.2 Å². The van der Waals surface area contributed by atoms with E-state index in [1.807, 2.05) is 24.3 Å². The van der Waals surface area contributed by atoms with Crippen LogP contribution in [0.5, 0.6) is 5.75 Å². The van der Waals surface area contributed by atoms with E-state index in [0.29, 0.717) is 52.5 Å². The maximum Gasteiger partial charge on any atom is 0.257 e. The number of carbonyl (C=O) groups is 1. The van der Waals surface area contributed by atoms with E-state index in [4.69, 9.17) is 9.15 Å². The third kappa shape index (κ3) is 4.69. The number of para-hydroxylation sites is 1. The number of amides is 1. The van der Waals surface area contributed by atoms with E-state index in [1.54, 1.807) is 12.5 Å². The van der Waals surface area contributed by atoms with Crippen LogP contribution in [0.2, 0.25) is 0 Å². The van der Waals surface area contributed by atoms with Gasteiger partial charge in [0.15, 0.2) is 22.2 Å². The number of nitrogens with one attached hydrogen (secondary N) is 1. The van der Waals surface area contributed by atoms with Gasteiger partial charge in [-0.15, -0.1) is 11.3 Å².